The van der Waals surface area contributed by atoms with E-state index in [1.54, 1.807) is 36.4 Å². The number of nitrogens with zero attached hydrogens (tertiary/aromatic N) is 3. The Hall–Kier alpha value is -4.92. The predicted molar refractivity (Wildman–Crippen MR) is 129 cm³/mol. The van der Waals surface area contributed by atoms with Gasteiger partial charge in [-0.25, -0.2) is 0 Å². The number of rotatable bonds is 7. The van der Waals surface area contributed by atoms with Crippen LogP contribution >= 0.6 is 0 Å². The van der Waals surface area contributed by atoms with Gasteiger partial charge in [0.1, 0.15) is 0 Å². The zero-order valence-electron chi connectivity index (χ0n) is 18.5. The standard InChI is InChI=1S/C26H19N3O6/c1-18-22(17-23(27(30)31)25(29(34)35)24(18)28(32)33)26(19-11-5-2-6-12-19,20-13-7-3-8-14-20)21-15-9-4-10-16-21/h2-17H,1H3. The van der Waals surface area contributed by atoms with Crippen LogP contribution in [0.4, 0.5) is 17.1 Å². The molecule has 0 spiro atoms. The minimum Gasteiger partial charge on any atom is -0.258 e. The van der Waals surface area contributed by atoms with Crippen molar-refractivity contribution < 1.29 is 14.8 Å². The van der Waals surface area contributed by atoms with Crippen molar-refractivity contribution >= 4 is 17.1 Å². The Labute approximate surface area is 199 Å². The first-order valence-corrected chi connectivity index (χ1v) is 10.6. The molecule has 0 radical (unpaired) electrons. The molecule has 0 amide bonds. The molecule has 0 N–H and O–H groups in total. The van der Waals surface area contributed by atoms with E-state index in [-0.39, 0.29) is 11.1 Å². The maximum Gasteiger partial charge on any atom is 0.422 e. The van der Waals surface area contributed by atoms with Gasteiger partial charge < -0.3 is 0 Å². The number of benzene rings is 4. The van der Waals surface area contributed by atoms with Crippen LogP contribution in [0, 0.1) is 37.3 Å². The average molecular weight is 469 g/mol. The molecule has 0 saturated carbocycles. The summed E-state index contributed by atoms with van der Waals surface area (Å²) in [6.07, 6.45) is 0. The zero-order chi connectivity index (χ0) is 25.2. The summed E-state index contributed by atoms with van der Waals surface area (Å²) in [6.45, 7) is 1.40. The smallest absolute Gasteiger partial charge is 0.258 e. The van der Waals surface area contributed by atoms with E-state index in [4.69, 9.17) is 0 Å². The Morgan fingerprint density at radius 2 is 0.943 bits per heavy atom. The van der Waals surface area contributed by atoms with Crippen LogP contribution in [0.25, 0.3) is 0 Å². The first-order chi connectivity index (χ1) is 16.8. The summed E-state index contributed by atoms with van der Waals surface area (Å²) in [5.74, 6) is 0. The third-order valence-corrected chi connectivity index (χ3v) is 6.09. The van der Waals surface area contributed by atoms with Gasteiger partial charge in [0.25, 0.3) is 0 Å². The summed E-state index contributed by atoms with van der Waals surface area (Å²) >= 11 is 0. The quantitative estimate of drug-likeness (QED) is 0.183. The summed E-state index contributed by atoms with van der Waals surface area (Å²) in [7, 11) is 0. The largest absolute Gasteiger partial charge is 0.422 e. The van der Waals surface area contributed by atoms with Crippen molar-refractivity contribution in [2.75, 3.05) is 0 Å². The van der Waals surface area contributed by atoms with Gasteiger partial charge in [-0.15, -0.1) is 0 Å². The Kier molecular flexibility index (Phi) is 6.07. The van der Waals surface area contributed by atoms with Crippen LogP contribution in [0.3, 0.4) is 0 Å². The van der Waals surface area contributed by atoms with Crippen LogP contribution < -0.4 is 0 Å². The van der Waals surface area contributed by atoms with Gasteiger partial charge in [0.05, 0.1) is 20.2 Å². The van der Waals surface area contributed by atoms with E-state index in [1.807, 2.05) is 54.6 Å². The van der Waals surface area contributed by atoms with Crippen molar-refractivity contribution in [2.45, 2.75) is 12.3 Å². The van der Waals surface area contributed by atoms with Crippen molar-refractivity contribution in [1.82, 2.24) is 0 Å². The summed E-state index contributed by atoms with van der Waals surface area (Å²) in [5, 5.41) is 35.8. The lowest BCUT2D eigenvalue weighted by Gasteiger charge is -2.37. The monoisotopic (exact) mass is 469 g/mol. The van der Waals surface area contributed by atoms with E-state index in [1.165, 1.54) is 6.92 Å². The van der Waals surface area contributed by atoms with E-state index in [2.05, 4.69) is 0 Å². The van der Waals surface area contributed by atoms with E-state index >= 15 is 0 Å². The topological polar surface area (TPSA) is 129 Å². The highest BCUT2D eigenvalue weighted by Crippen LogP contribution is 2.51. The molecule has 174 valence electrons. The Morgan fingerprint density at radius 3 is 1.26 bits per heavy atom. The van der Waals surface area contributed by atoms with Crippen molar-refractivity contribution in [1.29, 1.82) is 0 Å². The summed E-state index contributed by atoms with van der Waals surface area (Å²) in [5.41, 5.74) is -1.94. The molecule has 9 heteroatoms. The normalized spacial score (nSPS) is 11.1. The lowest BCUT2D eigenvalue weighted by Crippen LogP contribution is -2.32. The molecule has 4 aromatic carbocycles. The fourth-order valence-electron chi connectivity index (χ4n) is 4.70. The van der Waals surface area contributed by atoms with Crippen molar-refractivity contribution in [2.24, 2.45) is 0 Å². The summed E-state index contributed by atoms with van der Waals surface area (Å²) < 4.78 is 0. The minimum atomic E-state index is -1.24. The fourth-order valence-corrected chi connectivity index (χ4v) is 4.70. The third kappa shape index (κ3) is 3.78. The Bertz CT molecular complexity index is 1330. The number of hydrogen-bond acceptors (Lipinski definition) is 6. The molecule has 35 heavy (non-hydrogen) atoms. The van der Waals surface area contributed by atoms with Crippen LogP contribution in [0.2, 0.25) is 0 Å². The number of nitro groups is 3. The molecule has 0 unspecified atom stereocenters. The number of nitro benzene ring substituents is 3. The zero-order valence-corrected chi connectivity index (χ0v) is 18.5. The Morgan fingerprint density at radius 1 is 0.571 bits per heavy atom. The molecule has 4 aromatic rings. The molecular weight excluding hydrogens is 450 g/mol. The fraction of sp³-hybridized carbons (Fsp3) is 0.0769. The lowest BCUT2D eigenvalue weighted by atomic mass is 9.64. The molecule has 0 aliphatic carbocycles. The first-order valence-electron chi connectivity index (χ1n) is 10.6. The molecule has 9 nitrogen and oxygen atoms in total. The minimum absolute atomic E-state index is 0.0242. The van der Waals surface area contributed by atoms with Crippen LogP contribution in [0.1, 0.15) is 27.8 Å². The van der Waals surface area contributed by atoms with Gasteiger partial charge in [-0.3, -0.25) is 30.3 Å². The van der Waals surface area contributed by atoms with Crippen molar-refractivity contribution in [3.63, 3.8) is 0 Å². The van der Waals surface area contributed by atoms with Crippen LogP contribution in [-0.2, 0) is 5.41 Å². The lowest BCUT2D eigenvalue weighted by molar-refractivity contribution is -0.441. The summed E-state index contributed by atoms with van der Waals surface area (Å²) in [6, 6.07) is 28.4. The van der Waals surface area contributed by atoms with Gasteiger partial charge in [-0.05, 0) is 29.2 Å². The molecule has 0 heterocycles. The highest BCUT2D eigenvalue weighted by atomic mass is 16.6. The van der Waals surface area contributed by atoms with Crippen LogP contribution in [-0.4, -0.2) is 14.8 Å². The van der Waals surface area contributed by atoms with E-state index in [0.29, 0.717) is 16.7 Å². The second-order valence-corrected chi connectivity index (χ2v) is 7.88. The van der Waals surface area contributed by atoms with Gasteiger partial charge >= 0.3 is 17.1 Å². The van der Waals surface area contributed by atoms with Crippen molar-refractivity contribution in [3.8, 4) is 0 Å². The maximum atomic E-state index is 12.1. The van der Waals surface area contributed by atoms with Crippen LogP contribution in [0.15, 0.2) is 97.1 Å². The van der Waals surface area contributed by atoms with Gasteiger partial charge in [-0.2, -0.15) is 0 Å². The third-order valence-electron chi connectivity index (χ3n) is 6.09. The molecule has 0 bridgehead atoms. The molecule has 0 aromatic heterocycles. The number of hydrogen-bond donors (Lipinski definition) is 0. The van der Waals surface area contributed by atoms with E-state index < -0.39 is 37.2 Å². The SMILES string of the molecule is Cc1c(C(c2ccccc2)(c2ccccc2)c2ccccc2)cc([N+](=O)[O-])c([N+](=O)[O-])c1[N+](=O)[O-]. The van der Waals surface area contributed by atoms with Crippen molar-refractivity contribution in [3.05, 3.63) is 155 Å². The van der Waals surface area contributed by atoms with Crippen LogP contribution in [0.5, 0.6) is 0 Å². The molecule has 0 aliphatic heterocycles. The second kappa shape index (κ2) is 9.14. The predicted octanol–water partition coefficient (Wildman–Crippen LogP) is 6.10. The molecule has 0 fully saturated rings. The van der Waals surface area contributed by atoms with Gasteiger partial charge in [-0.1, -0.05) is 91.0 Å². The maximum absolute atomic E-state index is 12.1. The molecule has 0 saturated heterocycles. The summed E-state index contributed by atoms with van der Waals surface area (Å²) in [4.78, 5) is 32.9. The van der Waals surface area contributed by atoms with Gasteiger partial charge in [0.15, 0.2) is 0 Å². The van der Waals surface area contributed by atoms with E-state index in [0.717, 1.165) is 6.07 Å². The average Bonchev–Trinajstić information content (AvgIpc) is 2.86. The molecular formula is C26H19N3O6. The Balaban J connectivity index is 2.30. The van der Waals surface area contributed by atoms with Gasteiger partial charge in [0.2, 0.25) is 0 Å². The van der Waals surface area contributed by atoms with Gasteiger partial charge in [0, 0.05) is 11.6 Å². The first kappa shape index (κ1) is 23.2. The molecule has 4 rings (SSSR count). The highest BCUT2D eigenvalue weighted by Gasteiger charge is 2.47. The molecule has 0 atom stereocenters. The van der Waals surface area contributed by atoms with E-state index in [9.17, 15) is 30.3 Å². The highest BCUT2D eigenvalue weighted by molar-refractivity contribution is 5.75. The second-order valence-electron chi connectivity index (χ2n) is 7.88. The molecule has 0 aliphatic rings.